The number of rotatable bonds is 5. The normalized spacial score (nSPS) is 9.66. The predicted molar refractivity (Wildman–Crippen MR) is 124 cm³/mol. The number of thiophene rings is 1. The molecule has 0 aliphatic carbocycles. The first-order valence-corrected chi connectivity index (χ1v) is 11.4. The van der Waals surface area contributed by atoms with Gasteiger partial charge in [0.25, 0.3) is 0 Å². The molecule has 0 fully saturated rings. The van der Waals surface area contributed by atoms with E-state index in [2.05, 4.69) is 60.9 Å². The lowest BCUT2D eigenvalue weighted by atomic mass is 10.1. The Morgan fingerprint density at radius 1 is 0.724 bits per heavy atom. The molecule has 0 unspecified atom stereocenters. The molecule has 0 amide bonds. The van der Waals surface area contributed by atoms with E-state index >= 15 is 0 Å². The van der Waals surface area contributed by atoms with Crippen molar-refractivity contribution in [1.29, 1.82) is 5.26 Å². The minimum atomic E-state index is 0.646. The average molecular weight is 412 g/mol. The van der Waals surface area contributed by atoms with Gasteiger partial charge in [0.1, 0.15) is 0 Å². The Kier molecular flexibility index (Phi) is 8.03. The first-order valence-electron chi connectivity index (χ1n) is 9.64. The Morgan fingerprint density at radius 3 is 1.83 bits per heavy atom. The van der Waals surface area contributed by atoms with Gasteiger partial charge in [0, 0.05) is 16.0 Å². The molecule has 0 atom stereocenters. The molecule has 0 aliphatic rings. The molecule has 3 aromatic rings. The lowest BCUT2D eigenvalue weighted by Gasteiger charge is -2.00. The molecule has 0 saturated heterocycles. The number of nitrogens with zero attached hydrogens (tertiary/aromatic N) is 1. The number of thioether (sulfide) groups is 1. The molecular weight excluding hydrogens is 390 g/mol. The summed E-state index contributed by atoms with van der Waals surface area (Å²) >= 11 is 3.51. The van der Waals surface area contributed by atoms with Gasteiger partial charge in [0.2, 0.25) is 0 Å². The van der Waals surface area contributed by atoms with Crippen molar-refractivity contribution < 1.29 is 0 Å². The van der Waals surface area contributed by atoms with Gasteiger partial charge in [-0.25, -0.2) is 0 Å². The third-order valence-electron chi connectivity index (χ3n) is 4.15. The Morgan fingerprint density at radius 2 is 1.28 bits per heavy atom. The second-order valence-corrected chi connectivity index (χ2v) is 8.69. The Balaban J connectivity index is 1.59. The predicted octanol–water partition coefficient (Wildman–Crippen LogP) is 6.70. The summed E-state index contributed by atoms with van der Waals surface area (Å²) in [5, 5.41) is 8.84. The lowest BCUT2D eigenvalue weighted by Crippen LogP contribution is -1.81. The minimum absolute atomic E-state index is 0.646. The monoisotopic (exact) mass is 411 g/mol. The van der Waals surface area contributed by atoms with Gasteiger partial charge in [0.15, 0.2) is 0 Å². The van der Waals surface area contributed by atoms with Crippen LogP contribution in [0.2, 0.25) is 0 Å². The molecule has 3 heteroatoms. The van der Waals surface area contributed by atoms with Gasteiger partial charge in [-0.2, -0.15) is 5.26 Å². The molecule has 142 valence electrons. The van der Waals surface area contributed by atoms with Crippen LogP contribution in [0.5, 0.6) is 0 Å². The van der Waals surface area contributed by atoms with E-state index in [4.69, 9.17) is 5.26 Å². The number of hydrogen-bond donors (Lipinski definition) is 0. The molecule has 3 rings (SSSR count). The van der Waals surface area contributed by atoms with Crippen LogP contribution in [0.1, 0.15) is 52.6 Å². The standard InChI is InChI=1S/C26H21NS2/c1-2-3-4-19-28-24-13-9-22(10-14-24)12-16-26-18-17-25(29-26)15-11-21-5-7-23(20-27)8-6-21/h5-10,13-14,17-18H,2-4,19H2,1H3. The first kappa shape index (κ1) is 20.8. The molecule has 2 aromatic carbocycles. The second kappa shape index (κ2) is 11.2. The van der Waals surface area contributed by atoms with Gasteiger partial charge < -0.3 is 0 Å². The summed E-state index contributed by atoms with van der Waals surface area (Å²) in [5.41, 5.74) is 2.58. The lowest BCUT2D eigenvalue weighted by molar-refractivity contribution is 0.778. The maximum absolute atomic E-state index is 8.84. The number of benzene rings is 2. The van der Waals surface area contributed by atoms with Gasteiger partial charge in [-0.1, -0.05) is 43.4 Å². The van der Waals surface area contributed by atoms with Crippen LogP contribution in [-0.4, -0.2) is 5.75 Å². The van der Waals surface area contributed by atoms with Gasteiger partial charge in [0.05, 0.1) is 21.4 Å². The first-order chi connectivity index (χ1) is 14.3. The number of hydrogen-bond acceptors (Lipinski definition) is 3. The Labute approximate surface area is 181 Å². The van der Waals surface area contributed by atoms with Crippen molar-refractivity contribution in [2.75, 3.05) is 5.75 Å². The molecule has 0 N–H and O–H groups in total. The largest absolute Gasteiger partial charge is 0.192 e. The van der Waals surface area contributed by atoms with E-state index in [1.165, 1.54) is 29.9 Å². The van der Waals surface area contributed by atoms with Gasteiger partial charge >= 0.3 is 0 Å². The number of nitriles is 1. The van der Waals surface area contributed by atoms with E-state index in [1.54, 1.807) is 23.5 Å². The maximum Gasteiger partial charge on any atom is 0.0991 e. The van der Waals surface area contributed by atoms with E-state index in [0.29, 0.717) is 5.56 Å². The van der Waals surface area contributed by atoms with E-state index in [-0.39, 0.29) is 0 Å². The Hall–Kier alpha value is -2.90. The fraction of sp³-hybridized carbons (Fsp3) is 0.192. The summed E-state index contributed by atoms with van der Waals surface area (Å²) in [7, 11) is 0. The molecule has 1 nitrogen and oxygen atoms in total. The van der Waals surface area contributed by atoms with Crippen molar-refractivity contribution in [3.05, 3.63) is 87.1 Å². The van der Waals surface area contributed by atoms with Crippen molar-refractivity contribution in [3.63, 3.8) is 0 Å². The summed E-state index contributed by atoms with van der Waals surface area (Å²) in [5.74, 6) is 13.9. The third-order valence-corrected chi connectivity index (χ3v) is 6.17. The van der Waals surface area contributed by atoms with Crippen LogP contribution in [0.25, 0.3) is 0 Å². The highest BCUT2D eigenvalue weighted by atomic mass is 32.2. The zero-order valence-corrected chi connectivity index (χ0v) is 18.0. The van der Waals surface area contributed by atoms with Gasteiger partial charge in [-0.05, 0) is 72.8 Å². The molecule has 0 aliphatic heterocycles. The van der Waals surface area contributed by atoms with Gasteiger partial charge in [-0.15, -0.1) is 23.1 Å². The van der Waals surface area contributed by atoms with E-state index in [9.17, 15) is 0 Å². The smallest absolute Gasteiger partial charge is 0.0991 e. The van der Waals surface area contributed by atoms with Crippen LogP contribution in [0.4, 0.5) is 0 Å². The molecule has 0 saturated carbocycles. The van der Waals surface area contributed by atoms with Crippen molar-refractivity contribution in [2.45, 2.75) is 31.1 Å². The SMILES string of the molecule is CCCCCSc1ccc(C#Cc2ccc(C#Cc3ccc(C#N)cc3)s2)cc1. The highest BCUT2D eigenvalue weighted by Crippen LogP contribution is 2.20. The van der Waals surface area contributed by atoms with Crippen LogP contribution in [0, 0.1) is 35.0 Å². The summed E-state index contributed by atoms with van der Waals surface area (Å²) in [6, 6.07) is 21.9. The summed E-state index contributed by atoms with van der Waals surface area (Å²) in [6.07, 6.45) is 3.84. The van der Waals surface area contributed by atoms with Crippen molar-refractivity contribution in [2.24, 2.45) is 0 Å². The average Bonchev–Trinajstić information content (AvgIpc) is 3.23. The van der Waals surface area contributed by atoms with E-state index < -0.39 is 0 Å². The molecule has 0 spiro atoms. The van der Waals surface area contributed by atoms with Crippen molar-refractivity contribution in [3.8, 4) is 29.8 Å². The zero-order chi connectivity index (χ0) is 20.3. The summed E-state index contributed by atoms with van der Waals surface area (Å²) in [6.45, 7) is 2.23. The molecule has 0 bridgehead atoms. The van der Waals surface area contributed by atoms with Crippen molar-refractivity contribution >= 4 is 23.1 Å². The van der Waals surface area contributed by atoms with E-state index in [0.717, 1.165) is 20.9 Å². The second-order valence-electron chi connectivity index (χ2n) is 6.43. The quantitative estimate of drug-likeness (QED) is 0.265. The van der Waals surface area contributed by atoms with Crippen LogP contribution in [0.15, 0.2) is 65.6 Å². The van der Waals surface area contributed by atoms with Crippen LogP contribution in [0.3, 0.4) is 0 Å². The number of unbranched alkanes of at least 4 members (excludes halogenated alkanes) is 2. The van der Waals surface area contributed by atoms with E-state index in [1.807, 2.05) is 36.0 Å². The maximum atomic E-state index is 8.84. The minimum Gasteiger partial charge on any atom is -0.192 e. The molecular formula is C26H21NS2. The van der Waals surface area contributed by atoms with Crippen LogP contribution < -0.4 is 0 Å². The van der Waals surface area contributed by atoms with Gasteiger partial charge in [-0.3, -0.25) is 0 Å². The molecule has 29 heavy (non-hydrogen) atoms. The fourth-order valence-electron chi connectivity index (χ4n) is 2.54. The summed E-state index contributed by atoms with van der Waals surface area (Å²) in [4.78, 5) is 3.30. The zero-order valence-electron chi connectivity index (χ0n) is 16.4. The molecule has 1 heterocycles. The van der Waals surface area contributed by atoms with Crippen molar-refractivity contribution in [1.82, 2.24) is 0 Å². The highest BCUT2D eigenvalue weighted by molar-refractivity contribution is 7.99. The van der Waals surface area contributed by atoms with Crippen LogP contribution >= 0.6 is 23.1 Å². The fourth-order valence-corrected chi connectivity index (χ4v) is 4.17. The third kappa shape index (κ3) is 6.89. The molecule has 1 aromatic heterocycles. The topological polar surface area (TPSA) is 23.8 Å². The highest BCUT2D eigenvalue weighted by Gasteiger charge is 1.97. The Bertz CT molecular complexity index is 1090. The summed E-state index contributed by atoms with van der Waals surface area (Å²) < 4.78 is 0. The van der Waals surface area contributed by atoms with Crippen LogP contribution in [-0.2, 0) is 0 Å². The molecule has 0 radical (unpaired) electrons.